The van der Waals surface area contributed by atoms with Gasteiger partial charge in [-0.25, -0.2) is 0 Å². The molecule has 2 rings (SSSR count). The number of benzene rings is 2. The van der Waals surface area contributed by atoms with Gasteiger partial charge in [0.05, 0.1) is 0 Å². The van der Waals surface area contributed by atoms with Gasteiger partial charge in [-0.15, -0.1) is 0 Å². The summed E-state index contributed by atoms with van der Waals surface area (Å²) in [6, 6.07) is 19.3. The van der Waals surface area contributed by atoms with Crippen LogP contribution in [0.5, 0.6) is 0 Å². The van der Waals surface area contributed by atoms with Gasteiger partial charge in [-0.1, -0.05) is 0 Å². The standard InChI is InChI=1S/C14H15NSe/c1-15(2)13-10-6-7-11-14(13)16-12-8-4-3-5-9-12/h3-11H,1-2H3. The van der Waals surface area contributed by atoms with E-state index in [1.165, 1.54) is 14.6 Å². The Morgan fingerprint density at radius 1 is 0.812 bits per heavy atom. The molecule has 0 aliphatic heterocycles. The third kappa shape index (κ3) is 2.66. The third-order valence-corrected chi connectivity index (χ3v) is 4.57. The summed E-state index contributed by atoms with van der Waals surface area (Å²) in [5.74, 6) is 0. The van der Waals surface area contributed by atoms with Gasteiger partial charge in [-0.2, -0.15) is 0 Å². The van der Waals surface area contributed by atoms with E-state index >= 15 is 0 Å². The summed E-state index contributed by atoms with van der Waals surface area (Å²) in [5.41, 5.74) is 1.33. The predicted octanol–water partition coefficient (Wildman–Crippen LogP) is 1.41. The molecule has 0 aliphatic rings. The summed E-state index contributed by atoms with van der Waals surface area (Å²) in [5, 5.41) is 0. The summed E-state index contributed by atoms with van der Waals surface area (Å²) >= 11 is 0.391. The Balaban J connectivity index is 2.28. The van der Waals surface area contributed by atoms with E-state index in [0.29, 0.717) is 15.0 Å². The first-order chi connectivity index (χ1) is 7.77. The van der Waals surface area contributed by atoms with Crippen LogP contribution in [0.2, 0.25) is 0 Å². The van der Waals surface area contributed by atoms with Gasteiger partial charge in [0.1, 0.15) is 0 Å². The molecule has 82 valence electrons. The van der Waals surface area contributed by atoms with E-state index in [2.05, 4.69) is 73.6 Å². The van der Waals surface area contributed by atoms with Crippen molar-refractivity contribution in [1.29, 1.82) is 0 Å². The monoisotopic (exact) mass is 277 g/mol. The minimum atomic E-state index is 0.391. The van der Waals surface area contributed by atoms with Crippen LogP contribution in [-0.4, -0.2) is 29.1 Å². The van der Waals surface area contributed by atoms with Gasteiger partial charge in [-0.3, -0.25) is 0 Å². The van der Waals surface area contributed by atoms with E-state index in [4.69, 9.17) is 0 Å². The summed E-state index contributed by atoms with van der Waals surface area (Å²) < 4.78 is 2.86. The topological polar surface area (TPSA) is 3.24 Å². The molecule has 2 aromatic carbocycles. The van der Waals surface area contributed by atoms with E-state index in [0.717, 1.165) is 0 Å². The molecule has 0 atom stereocenters. The quantitative estimate of drug-likeness (QED) is 0.766. The second kappa shape index (κ2) is 5.20. The van der Waals surface area contributed by atoms with Crippen LogP contribution >= 0.6 is 0 Å². The van der Waals surface area contributed by atoms with Gasteiger partial charge in [0, 0.05) is 0 Å². The number of rotatable bonds is 3. The van der Waals surface area contributed by atoms with Crippen LogP contribution in [0.4, 0.5) is 5.69 Å². The molecule has 0 radical (unpaired) electrons. The molecule has 0 aliphatic carbocycles. The molecule has 0 aromatic heterocycles. The zero-order chi connectivity index (χ0) is 11.4. The van der Waals surface area contributed by atoms with Crippen molar-refractivity contribution in [2.24, 2.45) is 0 Å². The number of nitrogens with zero attached hydrogens (tertiary/aromatic N) is 1. The minimum absolute atomic E-state index is 0.391. The molecule has 0 unspecified atom stereocenters. The van der Waals surface area contributed by atoms with Crippen molar-refractivity contribution in [3.05, 3.63) is 54.6 Å². The Morgan fingerprint density at radius 3 is 2.12 bits per heavy atom. The fourth-order valence-electron chi connectivity index (χ4n) is 1.53. The molecule has 0 bridgehead atoms. The Bertz CT molecular complexity index is 451. The molecule has 0 heterocycles. The van der Waals surface area contributed by atoms with Crippen LogP contribution in [-0.2, 0) is 0 Å². The zero-order valence-corrected chi connectivity index (χ0v) is 11.3. The zero-order valence-electron chi connectivity index (χ0n) is 9.55. The molecule has 2 aromatic rings. The molecule has 0 fully saturated rings. The van der Waals surface area contributed by atoms with E-state index < -0.39 is 0 Å². The maximum atomic E-state index is 2.22. The SMILES string of the molecule is CN(C)c1ccccc1[Se]c1ccccc1. The van der Waals surface area contributed by atoms with Gasteiger partial charge >= 0.3 is 103 Å². The number of para-hydroxylation sites is 1. The molecular formula is C14H15NSe. The number of anilines is 1. The van der Waals surface area contributed by atoms with Gasteiger partial charge < -0.3 is 0 Å². The van der Waals surface area contributed by atoms with Gasteiger partial charge in [0.15, 0.2) is 0 Å². The van der Waals surface area contributed by atoms with Crippen molar-refractivity contribution in [2.75, 3.05) is 19.0 Å². The van der Waals surface area contributed by atoms with E-state index in [-0.39, 0.29) is 0 Å². The molecule has 0 saturated heterocycles. The normalized spacial score (nSPS) is 10.1. The van der Waals surface area contributed by atoms with Gasteiger partial charge in [-0.05, 0) is 0 Å². The van der Waals surface area contributed by atoms with E-state index in [1.54, 1.807) is 0 Å². The third-order valence-electron chi connectivity index (χ3n) is 2.32. The van der Waals surface area contributed by atoms with Crippen molar-refractivity contribution in [1.82, 2.24) is 0 Å². The molecule has 0 saturated carbocycles. The fourth-order valence-corrected chi connectivity index (χ4v) is 3.73. The van der Waals surface area contributed by atoms with E-state index in [9.17, 15) is 0 Å². The van der Waals surface area contributed by atoms with Crippen LogP contribution in [0.15, 0.2) is 54.6 Å². The molecule has 2 heteroatoms. The van der Waals surface area contributed by atoms with E-state index in [1.807, 2.05) is 0 Å². The summed E-state index contributed by atoms with van der Waals surface area (Å²) in [6.45, 7) is 0. The Hall–Kier alpha value is -1.24. The molecule has 0 amide bonds. The average Bonchev–Trinajstić information content (AvgIpc) is 2.31. The van der Waals surface area contributed by atoms with Crippen molar-refractivity contribution in [3.8, 4) is 0 Å². The Morgan fingerprint density at radius 2 is 1.44 bits per heavy atom. The summed E-state index contributed by atoms with van der Waals surface area (Å²) in [7, 11) is 4.19. The van der Waals surface area contributed by atoms with Crippen LogP contribution < -0.4 is 13.8 Å². The van der Waals surface area contributed by atoms with Crippen LogP contribution in [0.1, 0.15) is 0 Å². The van der Waals surface area contributed by atoms with Crippen molar-refractivity contribution in [2.45, 2.75) is 0 Å². The number of hydrogen-bond acceptors (Lipinski definition) is 1. The average molecular weight is 276 g/mol. The summed E-state index contributed by atoms with van der Waals surface area (Å²) in [4.78, 5) is 2.18. The molecular weight excluding hydrogens is 261 g/mol. The Kier molecular flexibility index (Phi) is 3.66. The fraction of sp³-hybridized carbons (Fsp3) is 0.143. The molecule has 16 heavy (non-hydrogen) atoms. The van der Waals surface area contributed by atoms with Crippen molar-refractivity contribution < 1.29 is 0 Å². The molecule has 0 spiro atoms. The van der Waals surface area contributed by atoms with Crippen LogP contribution in [0, 0.1) is 0 Å². The first kappa shape index (κ1) is 11.3. The van der Waals surface area contributed by atoms with Crippen molar-refractivity contribution in [3.63, 3.8) is 0 Å². The van der Waals surface area contributed by atoms with Crippen LogP contribution in [0.3, 0.4) is 0 Å². The molecule has 1 nitrogen and oxygen atoms in total. The first-order valence-electron chi connectivity index (χ1n) is 5.26. The Labute approximate surface area is 103 Å². The number of hydrogen-bond donors (Lipinski definition) is 0. The predicted molar refractivity (Wildman–Crippen MR) is 72.2 cm³/mol. The summed E-state index contributed by atoms with van der Waals surface area (Å²) in [6.07, 6.45) is 0. The van der Waals surface area contributed by atoms with Crippen molar-refractivity contribution >= 4 is 29.6 Å². The first-order valence-corrected chi connectivity index (χ1v) is 6.98. The second-order valence-electron chi connectivity index (χ2n) is 3.78. The second-order valence-corrected chi connectivity index (χ2v) is 6.12. The van der Waals surface area contributed by atoms with Crippen LogP contribution in [0.25, 0.3) is 0 Å². The molecule has 0 N–H and O–H groups in total. The van der Waals surface area contributed by atoms with Gasteiger partial charge in [0.25, 0.3) is 0 Å². The maximum absolute atomic E-state index is 2.22. The van der Waals surface area contributed by atoms with Gasteiger partial charge in [0.2, 0.25) is 0 Å².